The number of carbonyl (C=O) groups is 1. The molecule has 0 aliphatic carbocycles. The summed E-state index contributed by atoms with van der Waals surface area (Å²) >= 11 is 5.86. The van der Waals surface area contributed by atoms with Gasteiger partial charge < -0.3 is 15.4 Å². The average molecular weight is 386 g/mol. The van der Waals surface area contributed by atoms with Crippen molar-refractivity contribution in [3.05, 3.63) is 70.8 Å². The summed E-state index contributed by atoms with van der Waals surface area (Å²) in [6.45, 7) is 0.917. The second kappa shape index (κ2) is 9.05. The number of rotatable bonds is 8. The molecule has 2 aromatic carbocycles. The number of nitrogens with one attached hydrogen (secondary N) is 3. The molecule has 1 aromatic heterocycles. The molecule has 3 N–H and O–H groups in total. The Bertz CT molecular complexity index is 878. The first kappa shape index (κ1) is 18.7. The lowest BCUT2D eigenvalue weighted by Gasteiger charge is -2.05. The first-order valence-electron chi connectivity index (χ1n) is 8.41. The maximum Gasteiger partial charge on any atom is 0.228 e. The van der Waals surface area contributed by atoms with E-state index in [1.54, 1.807) is 7.11 Å². The Hall–Kier alpha value is -3.06. The quantitative estimate of drug-likeness (QED) is 0.554. The van der Waals surface area contributed by atoms with Crippen LogP contribution in [0, 0.1) is 0 Å². The van der Waals surface area contributed by atoms with Gasteiger partial charge in [0, 0.05) is 17.3 Å². The molecule has 140 valence electrons. The highest BCUT2D eigenvalue weighted by atomic mass is 35.5. The van der Waals surface area contributed by atoms with Gasteiger partial charge in [0.15, 0.2) is 5.82 Å². The number of amides is 1. The molecule has 3 aromatic rings. The summed E-state index contributed by atoms with van der Waals surface area (Å²) in [7, 11) is 1.62. The van der Waals surface area contributed by atoms with Crippen LogP contribution in [-0.4, -0.2) is 28.2 Å². The standard InChI is InChI=1S/C19H20ClN5O2/c1-27-16-8-2-13(3-9-16)11-22-19(26)10-17-23-18(25-24-17)12-21-15-6-4-14(20)5-7-15/h2-9,21H,10-12H2,1H3,(H,22,26)(H,23,24,25). The molecule has 0 radical (unpaired) electrons. The molecule has 0 bridgehead atoms. The minimum absolute atomic E-state index is 0.119. The summed E-state index contributed by atoms with van der Waals surface area (Å²) in [6.07, 6.45) is 0.119. The van der Waals surface area contributed by atoms with E-state index in [2.05, 4.69) is 25.8 Å². The van der Waals surface area contributed by atoms with E-state index in [9.17, 15) is 4.79 Å². The van der Waals surface area contributed by atoms with E-state index in [1.165, 1.54) is 0 Å². The molecule has 0 aliphatic heterocycles. The monoisotopic (exact) mass is 385 g/mol. The molecule has 1 heterocycles. The number of hydrogen-bond donors (Lipinski definition) is 3. The second-order valence-corrected chi connectivity index (χ2v) is 6.30. The SMILES string of the molecule is COc1ccc(CNC(=O)Cc2n[nH]c(CNc3ccc(Cl)cc3)n2)cc1. The first-order valence-corrected chi connectivity index (χ1v) is 8.79. The number of H-pyrrole nitrogens is 1. The van der Waals surface area contributed by atoms with Gasteiger partial charge in [0.25, 0.3) is 0 Å². The zero-order valence-corrected chi connectivity index (χ0v) is 15.6. The van der Waals surface area contributed by atoms with Crippen LogP contribution in [0.4, 0.5) is 5.69 Å². The van der Waals surface area contributed by atoms with Gasteiger partial charge in [-0.25, -0.2) is 4.98 Å². The van der Waals surface area contributed by atoms with Gasteiger partial charge in [-0.2, -0.15) is 5.10 Å². The number of hydrogen-bond acceptors (Lipinski definition) is 5. The summed E-state index contributed by atoms with van der Waals surface area (Å²) in [4.78, 5) is 16.4. The van der Waals surface area contributed by atoms with Crippen LogP contribution in [-0.2, 0) is 24.3 Å². The first-order chi connectivity index (χ1) is 13.1. The molecule has 0 aliphatic rings. The van der Waals surface area contributed by atoms with Crippen LogP contribution < -0.4 is 15.4 Å². The van der Waals surface area contributed by atoms with Crippen molar-refractivity contribution >= 4 is 23.2 Å². The van der Waals surface area contributed by atoms with Gasteiger partial charge in [-0.05, 0) is 42.0 Å². The number of methoxy groups -OCH3 is 1. The lowest BCUT2D eigenvalue weighted by molar-refractivity contribution is -0.120. The van der Waals surface area contributed by atoms with Crippen molar-refractivity contribution < 1.29 is 9.53 Å². The molecular weight excluding hydrogens is 366 g/mol. The van der Waals surface area contributed by atoms with Crippen molar-refractivity contribution in [1.29, 1.82) is 0 Å². The van der Waals surface area contributed by atoms with Gasteiger partial charge in [0.1, 0.15) is 11.6 Å². The van der Waals surface area contributed by atoms with E-state index in [-0.39, 0.29) is 12.3 Å². The van der Waals surface area contributed by atoms with E-state index >= 15 is 0 Å². The molecule has 1 amide bonds. The van der Waals surface area contributed by atoms with Gasteiger partial charge in [0.05, 0.1) is 20.1 Å². The maximum atomic E-state index is 12.1. The lowest BCUT2D eigenvalue weighted by atomic mass is 10.2. The zero-order valence-electron chi connectivity index (χ0n) is 14.8. The molecule has 7 nitrogen and oxygen atoms in total. The Labute approximate surface area is 162 Å². The summed E-state index contributed by atoms with van der Waals surface area (Å²) in [5.41, 5.74) is 1.92. The normalized spacial score (nSPS) is 10.4. The van der Waals surface area contributed by atoms with Crippen LogP contribution in [0.1, 0.15) is 17.2 Å². The molecule has 0 saturated carbocycles. The summed E-state index contributed by atoms with van der Waals surface area (Å²) in [5, 5.41) is 13.7. The summed E-state index contributed by atoms with van der Waals surface area (Å²) in [5.74, 6) is 1.76. The Balaban J connectivity index is 1.44. The third-order valence-corrected chi connectivity index (χ3v) is 4.10. The van der Waals surface area contributed by atoms with Gasteiger partial charge in [-0.1, -0.05) is 23.7 Å². The molecule has 0 fully saturated rings. The number of ether oxygens (including phenoxy) is 1. The van der Waals surface area contributed by atoms with E-state index < -0.39 is 0 Å². The van der Waals surface area contributed by atoms with Crippen LogP contribution in [0.3, 0.4) is 0 Å². The predicted molar refractivity (Wildman–Crippen MR) is 104 cm³/mol. The van der Waals surface area contributed by atoms with E-state index in [0.29, 0.717) is 29.8 Å². The number of nitrogens with zero attached hydrogens (tertiary/aromatic N) is 2. The predicted octanol–water partition coefficient (Wildman–Crippen LogP) is 2.94. The largest absolute Gasteiger partial charge is 0.497 e. The lowest BCUT2D eigenvalue weighted by Crippen LogP contribution is -2.25. The summed E-state index contributed by atoms with van der Waals surface area (Å²) < 4.78 is 5.11. The minimum atomic E-state index is -0.137. The Morgan fingerprint density at radius 3 is 2.56 bits per heavy atom. The van der Waals surface area contributed by atoms with Gasteiger partial charge in [-0.3, -0.25) is 9.89 Å². The van der Waals surface area contributed by atoms with Gasteiger partial charge >= 0.3 is 0 Å². The van der Waals surface area contributed by atoms with Crippen LogP contribution in [0.15, 0.2) is 48.5 Å². The fourth-order valence-electron chi connectivity index (χ4n) is 2.40. The van der Waals surface area contributed by atoms with E-state index in [0.717, 1.165) is 17.0 Å². The fourth-order valence-corrected chi connectivity index (χ4v) is 2.52. The van der Waals surface area contributed by atoms with Crippen LogP contribution in [0.25, 0.3) is 0 Å². The highest BCUT2D eigenvalue weighted by Crippen LogP contribution is 2.14. The van der Waals surface area contributed by atoms with Crippen LogP contribution >= 0.6 is 11.6 Å². The van der Waals surface area contributed by atoms with Gasteiger partial charge in [0.2, 0.25) is 5.91 Å². The zero-order chi connectivity index (χ0) is 19.1. The van der Waals surface area contributed by atoms with Gasteiger partial charge in [-0.15, -0.1) is 0 Å². The van der Waals surface area contributed by atoms with Crippen molar-refractivity contribution in [2.45, 2.75) is 19.5 Å². The number of carbonyl (C=O) groups excluding carboxylic acids is 1. The average Bonchev–Trinajstić information content (AvgIpc) is 3.13. The minimum Gasteiger partial charge on any atom is -0.497 e. The van der Waals surface area contributed by atoms with Crippen molar-refractivity contribution in [3.8, 4) is 5.75 Å². The Morgan fingerprint density at radius 1 is 1.11 bits per heavy atom. The smallest absolute Gasteiger partial charge is 0.228 e. The third kappa shape index (κ3) is 5.72. The molecule has 0 atom stereocenters. The van der Waals surface area contributed by atoms with Crippen molar-refractivity contribution in [3.63, 3.8) is 0 Å². The number of anilines is 1. The Kier molecular flexibility index (Phi) is 6.27. The number of aromatic nitrogens is 3. The molecule has 0 spiro atoms. The number of halogens is 1. The van der Waals surface area contributed by atoms with Crippen molar-refractivity contribution in [2.24, 2.45) is 0 Å². The van der Waals surface area contributed by atoms with Crippen LogP contribution in [0.5, 0.6) is 5.75 Å². The third-order valence-electron chi connectivity index (χ3n) is 3.85. The molecule has 0 saturated heterocycles. The van der Waals surface area contributed by atoms with E-state index in [1.807, 2.05) is 48.5 Å². The van der Waals surface area contributed by atoms with Crippen molar-refractivity contribution in [1.82, 2.24) is 20.5 Å². The highest BCUT2D eigenvalue weighted by Gasteiger charge is 2.09. The maximum absolute atomic E-state index is 12.1. The molecule has 8 heteroatoms. The fraction of sp³-hybridized carbons (Fsp3) is 0.211. The molecular formula is C19H20ClN5O2. The molecule has 3 rings (SSSR count). The highest BCUT2D eigenvalue weighted by molar-refractivity contribution is 6.30. The molecule has 27 heavy (non-hydrogen) atoms. The summed E-state index contributed by atoms with van der Waals surface area (Å²) in [6, 6.07) is 14.9. The Morgan fingerprint density at radius 2 is 1.85 bits per heavy atom. The van der Waals surface area contributed by atoms with E-state index in [4.69, 9.17) is 16.3 Å². The second-order valence-electron chi connectivity index (χ2n) is 5.86. The van der Waals surface area contributed by atoms with Crippen molar-refractivity contribution in [2.75, 3.05) is 12.4 Å². The van der Waals surface area contributed by atoms with Crippen LogP contribution in [0.2, 0.25) is 5.02 Å². The number of aromatic amines is 1. The topological polar surface area (TPSA) is 91.9 Å². The molecule has 0 unspecified atom stereocenters. The number of benzene rings is 2.